The summed E-state index contributed by atoms with van der Waals surface area (Å²) in [5.41, 5.74) is 0.777. The van der Waals surface area contributed by atoms with Crippen molar-refractivity contribution < 1.29 is 14.0 Å². The van der Waals surface area contributed by atoms with Gasteiger partial charge in [-0.25, -0.2) is 9.18 Å². The van der Waals surface area contributed by atoms with Crippen LogP contribution in [-0.2, 0) is 17.9 Å². The summed E-state index contributed by atoms with van der Waals surface area (Å²) >= 11 is 1.55. The maximum atomic E-state index is 12.7. The fourth-order valence-electron chi connectivity index (χ4n) is 1.67. The fourth-order valence-corrected chi connectivity index (χ4v) is 2.31. The van der Waals surface area contributed by atoms with Crippen LogP contribution in [-0.4, -0.2) is 18.5 Å². The third-order valence-electron chi connectivity index (χ3n) is 2.82. The minimum Gasteiger partial charge on any atom is -0.350 e. The maximum Gasteiger partial charge on any atom is 0.315 e. The minimum absolute atomic E-state index is 0.0966. The van der Waals surface area contributed by atoms with E-state index >= 15 is 0 Å². The highest BCUT2D eigenvalue weighted by Crippen LogP contribution is 2.07. The molecule has 0 atom stereocenters. The molecule has 5 nitrogen and oxygen atoms in total. The zero-order valence-corrected chi connectivity index (χ0v) is 12.6. The molecule has 0 saturated carbocycles. The lowest BCUT2D eigenvalue weighted by molar-refractivity contribution is -0.120. The molecule has 2 rings (SSSR count). The van der Waals surface area contributed by atoms with Crippen molar-refractivity contribution in [2.24, 2.45) is 0 Å². The largest absolute Gasteiger partial charge is 0.350 e. The topological polar surface area (TPSA) is 70.2 Å². The van der Waals surface area contributed by atoms with Crippen molar-refractivity contribution in [2.75, 3.05) is 6.54 Å². The van der Waals surface area contributed by atoms with Crippen LogP contribution in [0.3, 0.4) is 0 Å². The number of nitrogens with one attached hydrogen (secondary N) is 3. The van der Waals surface area contributed by atoms with Crippen molar-refractivity contribution >= 4 is 23.3 Å². The van der Waals surface area contributed by atoms with E-state index in [-0.39, 0.29) is 24.8 Å². The van der Waals surface area contributed by atoms with E-state index in [4.69, 9.17) is 0 Å². The van der Waals surface area contributed by atoms with Gasteiger partial charge in [0.1, 0.15) is 5.82 Å². The molecule has 116 valence electrons. The smallest absolute Gasteiger partial charge is 0.315 e. The van der Waals surface area contributed by atoms with Gasteiger partial charge in [0.2, 0.25) is 5.91 Å². The van der Waals surface area contributed by atoms with Gasteiger partial charge < -0.3 is 16.0 Å². The molecule has 0 bridgehead atoms. The zero-order chi connectivity index (χ0) is 15.8. The first kappa shape index (κ1) is 16.0. The predicted molar refractivity (Wildman–Crippen MR) is 82.8 cm³/mol. The van der Waals surface area contributed by atoms with Crippen LogP contribution < -0.4 is 16.0 Å². The van der Waals surface area contributed by atoms with Gasteiger partial charge in [-0.3, -0.25) is 4.79 Å². The quantitative estimate of drug-likeness (QED) is 0.761. The Labute approximate surface area is 131 Å². The number of carbonyl (C=O) groups excluding carboxylic acids is 2. The van der Waals surface area contributed by atoms with E-state index < -0.39 is 6.03 Å². The first-order chi connectivity index (χ1) is 10.6. The molecule has 0 fully saturated rings. The third-order valence-corrected chi connectivity index (χ3v) is 3.69. The zero-order valence-electron chi connectivity index (χ0n) is 11.8. The molecule has 1 heterocycles. The van der Waals surface area contributed by atoms with E-state index in [2.05, 4.69) is 16.0 Å². The molecule has 0 spiro atoms. The second kappa shape index (κ2) is 8.14. The van der Waals surface area contributed by atoms with E-state index in [9.17, 15) is 14.0 Å². The van der Waals surface area contributed by atoms with Crippen LogP contribution in [0.2, 0.25) is 0 Å². The SMILES string of the molecule is O=C(CNC(=O)NCc1ccc(F)cc1)NCc1cccs1. The van der Waals surface area contributed by atoms with Gasteiger partial charge in [0.05, 0.1) is 13.1 Å². The average molecular weight is 321 g/mol. The molecule has 3 amide bonds. The second-order valence-electron chi connectivity index (χ2n) is 4.52. The van der Waals surface area contributed by atoms with Gasteiger partial charge >= 0.3 is 6.03 Å². The van der Waals surface area contributed by atoms with E-state index in [1.165, 1.54) is 12.1 Å². The third kappa shape index (κ3) is 5.53. The highest BCUT2D eigenvalue weighted by Gasteiger charge is 2.05. The van der Waals surface area contributed by atoms with Crippen molar-refractivity contribution in [1.82, 2.24) is 16.0 Å². The first-order valence-electron chi connectivity index (χ1n) is 6.69. The number of carbonyl (C=O) groups is 2. The molecule has 0 saturated heterocycles. The number of benzene rings is 1. The predicted octanol–water partition coefficient (Wildman–Crippen LogP) is 2.00. The highest BCUT2D eigenvalue weighted by atomic mass is 32.1. The number of amides is 3. The molecular weight excluding hydrogens is 305 g/mol. The Morgan fingerprint density at radius 2 is 1.77 bits per heavy atom. The molecule has 2 aromatic rings. The number of thiophene rings is 1. The minimum atomic E-state index is -0.449. The Morgan fingerprint density at radius 1 is 1.00 bits per heavy atom. The van der Waals surface area contributed by atoms with E-state index in [1.807, 2.05) is 17.5 Å². The monoisotopic (exact) mass is 321 g/mol. The Morgan fingerprint density at radius 3 is 2.45 bits per heavy atom. The molecule has 0 aliphatic rings. The fraction of sp³-hybridized carbons (Fsp3) is 0.200. The summed E-state index contributed by atoms with van der Waals surface area (Å²) in [5.74, 6) is -0.582. The standard InChI is InChI=1S/C15H16FN3O2S/c16-12-5-3-11(4-6-12)8-18-15(21)19-10-14(20)17-9-13-2-1-7-22-13/h1-7H,8-10H2,(H,17,20)(H2,18,19,21). The summed E-state index contributed by atoms with van der Waals surface area (Å²) in [4.78, 5) is 24.2. The van der Waals surface area contributed by atoms with Gasteiger partial charge in [0.15, 0.2) is 0 Å². The van der Waals surface area contributed by atoms with Crippen LogP contribution in [0.4, 0.5) is 9.18 Å². The van der Waals surface area contributed by atoms with Crippen LogP contribution >= 0.6 is 11.3 Å². The van der Waals surface area contributed by atoms with Gasteiger partial charge in [-0.2, -0.15) is 0 Å². The molecule has 0 aliphatic heterocycles. The van der Waals surface area contributed by atoms with Gasteiger partial charge in [0.25, 0.3) is 0 Å². The molecular formula is C15H16FN3O2S. The first-order valence-corrected chi connectivity index (χ1v) is 7.56. The molecule has 22 heavy (non-hydrogen) atoms. The Hall–Kier alpha value is -2.41. The van der Waals surface area contributed by atoms with Gasteiger partial charge in [-0.05, 0) is 29.1 Å². The van der Waals surface area contributed by atoms with Crippen molar-refractivity contribution in [1.29, 1.82) is 0 Å². The second-order valence-corrected chi connectivity index (χ2v) is 5.55. The molecule has 1 aromatic heterocycles. The van der Waals surface area contributed by atoms with Crippen LogP contribution in [0.1, 0.15) is 10.4 Å². The Kier molecular flexibility index (Phi) is 5.91. The molecule has 0 radical (unpaired) electrons. The molecule has 0 aliphatic carbocycles. The van der Waals surface area contributed by atoms with Gasteiger partial charge in [-0.15, -0.1) is 11.3 Å². The van der Waals surface area contributed by atoms with Gasteiger partial charge in [-0.1, -0.05) is 18.2 Å². The Balaban J connectivity index is 1.62. The van der Waals surface area contributed by atoms with E-state index in [0.717, 1.165) is 10.4 Å². The highest BCUT2D eigenvalue weighted by molar-refractivity contribution is 7.09. The Bertz CT molecular complexity index is 614. The molecule has 7 heteroatoms. The normalized spacial score (nSPS) is 10.0. The molecule has 1 aromatic carbocycles. The van der Waals surface area contributed by atoms with Crippen LogP contribution in [0.25, 0.3) is 0 Å². The van der Waals surface area contributed by atoms with E-state index in [1.54, 1.807) is 23.5 Å². The van der Waals surface area contributed by atoms with E-state index in [0.29, 0.717) is 6.54 Å². The summed E-state index contributed by atoms with van der Waals surface area (Å²) < 4.78 is 12.7. The lowest BCUT2D eigenvalue weighted by atomic mass is 10.2. The summed E-state index contributed by atoms with van der Waals surface area (Å²) in [6, 6.07) is 9.21. The molecule has 3 N–H and O–H groups in total. The van der Waals surface area contributed by atoms with Crippen molar-refractivity contribution in [3.8, 4) is 0 Å². The van der Waals surface area contributed by atoms with Crippen molar-refractivity contribution in [3.63, 3.8) is 0 Å². The molecule has 0 unspecified atom stereocenters. The maximum absolute atomic E-state index is 12.7. The van der Waals surface area contributed by atoms with Crippen molar-refractivity contribution in [3.05, 3.63) is 58.0 Å². The van der Waals surface area contributed by atoms with Crippen LogP contribution in [0.15, 0.2) is 41.8 Å². The summed E-state index contributed by atoms with van der Waals surface area (Å²) in [6.07, 6.45) is 0. The van der Waals surface area contributed by atoms with Gasteiger partial charge in [0, 0.05) is 11.4 Å². The van der Waals surface area contributed by atoms with Crippen LogP contribution in [0.5, 0.6) is 0 Å². The summed E-state index contributed by atoms with van der Waals surface area (Å²) in [7, 11) is 0. The summed E-state index contributed by atoms with van der Waals surface area (Å²) in [6.45, 7) is 0.624. The van der Waals surface area contributed by atoms with Crippen LogP contribution in [0, 0.1) is 5.82 Å². The van der Waals surface area contributed by atoms with Crippen molar-refractivity contribution in [2.45, 2.75) is 13.1 Å². The lowest BCUT2D eigenvalue weighted by Crippen LogP contribution is -2.41. The summed E-state index contributed by atoms with van der Waals surface area (Å²) in [5, 5.41) is 9.70. The number of hydrogen-bond donors (Lipinski definition) is 3. The average Bonchev–Trinajstić information content (AvgIpc) is 3.04. The number of halogens is 1. The number of hydrogen-bond acceptors (Lipinski definition) is 3. The number of urea groups is 1. The lowest BCUT2D eigenvalue weighted by Gasteiger charge is -2.08. The number of rotatable bonds is 6.